The van der Waals surface area contributed by atoms with Crippen LogP contribution in [-0.4, -0.2) is 16.9 Å². The summed E-state index contributed by atoms with van der Waals surface area (Å²) in [4.78, 5) is 26.6. The number of furan rings is 1. The lowest BCUT2D eigenvalue weighted by Crippen LogP contribution is -2.54. The van der Waals surface area contributed by atoms with Crippen molar-refractivity contribution in [2.24, 2.45) is 0 Å². The molecular weight excluding hydrogens is 459 g/mol. The van der Waals surface area contributed by atoms with Crippen LogP contribution >= 0.6 is 28.1 Å². The number of anilines is 1. The minimum Gasteiger partial charge on any atom is -0.457 e. The van der Waals surface area contributed by atoms with Crippen LogP contribution in [0.25, 0.3) is 17.4 Å². The van der Waals surface area contributed by atoms with Crippen LogP contribution in [0.1, 0.15) is 5.76 Å². The van der Waals surface area contributed by atoms with Crippen molar-refractivity contribution in [3.05, 3.63) is 82.3 Å². The number of carbonyl (C=O) groups excluding carboxylic acids is 2. The zero-order valence-corrected chi connectivity index (χ0v) is 17.1. The lowest BCUT2D eigenvalue weighted by Gasteiger charge is -2.28. The second-order valence-electron chi connectivity index (χ2n) is 6.15. The van der Waals surface area contributed by atoms with Crippen molar-refractivity contribution in [3.8, 4) is 11.3 Å². The maximum atomic E-state index is 13.4. The highest BCUT2D eigenvalue weighted by atomic mass is 79.9. The second kappa shape index (κ2) is 7.73. The molecule has 1 saturated heterocycles. The monoisotopic (exact) mass is 470 g/mol. The predicted octanol–water partition coefficient (Wildman–Crippen LogP) is 4.68. The minimum atomic E-state index is -0.616. The van der Waals surface area contributed by atoms with Gasteiger partial charge in [-0.25, -0.2) is 4.39 Å². The van der Waals surface area contributed by atoms with E-state index >= 15 is 0 Å². The average Bonchev–Trinajstić information content (AvgIpc) is 3.14. The summed E-state index contributed by atoms with van der Waals surface area (Å²) in [6.45, 7) is 0. The first-order valence-corrected chi connectivity index (χ1v) is 9.65. The summed E-state index contributed by atoms with van der Waals surface area (Å²) < 4.78 is 19.9. The van der Waals surface area contributed by atoms with Crippen molar-refractivity contribution in [3.63, 3.8) is 0 Å². The van der Waals surface area contributed by atoms with E-state index in [4.69, 9.17) is 16.6 Å². The quantitative estimate of drug-likeness (QED) is 0.343. The Hall–Kier alpha value is -3.10. The Morgan fingerprint density at radius 1 is 1.07 bits per heavy atom. The van der Waals surface area contributed by atoms with E-state index in [9.17, 15) is 14.0 Å². The third-order valence-corrected chi connectivity index (χ3v) is 4.97. The van der Waals surface area contributed by atoms with Gasteiger partial charge in [-0.1, -0.05) is 34.1 Å². The molecule has 1 aliphatic heterocycles. The summed E-state index contributed by atoms with van der Waals surface area (Å²) in [6, 6.07) is 16.2. The molecule has 2 aromatic carbocycles. The van der Waals surface area contributed by atoms with E-state index in [-0.39, 0.29) is 22.3 Å². The van der Waals surface area contributed by atoms with Gasteiger partial charge in [-0.2, -0.15) is 0 Å². The van der Waals surface area contributed by atoms with E-state index in [1.54, 1.807) is 42.5 Å². The number of nitrogens with one attached hydrogen (secondary N) is 1. The number of nitrogens with zero attached hydrogens (tertiary/aromatic N) is 1. The number of thiocarbonyl (C=S) groups is 1. The zero-order chi connectivity index (χ0) is 20.5. The second-order valence-corrected chi connectivity index (χ2v) is 7.45. The van der Waals surface area contributed by atoms with E-state index < -0.39 is 11.8 Å². The van der Waals surface area contributed by atoms with E-state index in [0.29, 0.717) is 17.0 Å². The molecule has 0 radical (unpaired) electrons. The number of carbonyl (C=O) groups is 2. The molecule has 144 valence electrons. The van der Waals surface area contributed by atoms with Gasteiger partial charge in [0.05, 0.1) is 5.69 Å². The number of halogens is 2. The van der Waals surface area contributed by atoms with Gasteiger partial charge in [0.15, 0.2) is 5.11 Å². The molecule has 2 amide bonds. The maximum absolute atomic E-state index is 13.4. The summed E-state index contributed by atoms with van der Waals surface area (Å²) in [5.41, 5.74) is 0.935. The van der Waals surface area contributed by atoms with Crippen LogP contribution in [0.5, 0.6) is 0 Å². The lowest BCUT2D eigenvalue weighted by atomic mass is 10.1. The maximum Gasteiger partial charge on any atom is 0.270 e. The normalized spacial score (nSPS) is 15.7. The third-order valence-electron chi connectivity index (χ3n) is 4.19. The van der Waals surface area contributed by atoms with E-state index in [1.807, 2.05) is 6.07 Å². The van der Waals surface area contributed by atoms with Gasteiger partial charge in [-0.15, -0.1) is 0 Å². The van der Waals surface area contributed by atoms with Crippen LogP contribution in [0, 0.1) is 5.82 Å². The van der Waals surface area contributed by atoms with Crippen molar-refractivity contribution >= 4 is 56.8 Å². The Balaban J connectivity index is 1.68. The first-order chi connectivity index (χ1) is 13.9. The highest BCUT2D eigenvalue weighted by Crippen LogP contribution is 2.27. The van der Waals surface area contributed by atoms with Gasteiger partial charge >= 0.3 is 0 Å². The molecule has 29 heavy (non-hydrogen) atoms. The van der Waals surface area contributed by atoms with Gasteiger partial charge in [0.25, 0.3) is 11.8 Å². The minimum absolute atomic E-state index is 0.00450. The SMILES string of the molecule is O=C1NC(=S)N(c2cccc(Br)c2)C(=O)C1=Cc1ccc(-c2cccc(F)c2)o1. The smallest absolute Gasteiger partial charge is 0.270 e. The van der Waals surface area contributed by atoms with Crippen molar-refractivity contribution in [2.75, 3.05) is 4.90 Å². The molecule has 1 aliphatic rings. The number of hydrogen-bond acceptors (Lipinski definition) is 4. The molecule has 3 aromatic rings. The van der Waals surface area contributed by atoms with Gasteiger partial charge < -0.3 is 4.42 Å². The molecule has 0 atom stereocenters. The molecule has 0 saturated carbocycles. The summed E-state index contributed by atoms with van der Waals surface area (Å²) in [5.74, 6) is -0.876. The fraction of sp³-hybridized carbons (Fsp3) is 0. The molecule has 4 rings (SSSR count). The first kappa shape index (κ1) is 19.2. The zero-order valence-electron chi connectivity index (χ0n) is 14.7. The van der Waals surface area contributed by atoms with E-state index in [2.05, 4.69) is 21.2 Å². The number of rotatable bonds is 3. The topological polar surface area (TPSA) is 62.6 Å². The Kier molecular flexibility index (Phi) is 5.12. The molecule has 8 heteroatoms. The van der Waals surface area contributed by atoms with Crippen molar-refractivity contribution in [2.45, 2.75) is 0 Å². The van der Waals surface area contributed by atoms with Crippen LogP contribution < -0.4 is 10.2 Å². The summed E-state index contributed by atoms with van der Waals surface area (Å²) in [6.07, 6.45) is 1.34. The van der Waals surface area contributed by atoms with Crippen LogP contribution in [0.15, 0.2) is 75.1 Å². The number of benzene rings is 2. The molecule has 1 aromatic heterocycles. The van der Waals surface area contributed by atoms with Crippen LogP contribution in [0.3, 0.4) is 0 Å². The molecule has 5 nitrogen and oxygen atoms in total. The van der Waals surface area contributed by atoms with Crippen LogP contribution in [-0.2, 0) is 9.59 Å². The molecular formula is C21H12BrFN2O3S. The summed E-state index contributed by atoms with van der Waals surface area (Å²) >= 11 is 8.53. The number of amides is 2. The summed E-state index contributed by atoms with van der Waals surface area (Å²) in [5, 5.41) is 2.51. The fourth-order valence-electron chi connectivity index (χ4n) is 2.88. The van der Waals surface area contributed by atoms with Gasteiger partial charge in [-0.3, -0.25) is 19.8 Å². The predicted molar refractivity (Wildman–Crippen MR) is 114 cm³/mol. The molecule has 0 unspecified atom stereocenters. The molecule has 1 N–H and O–H groups in total. The molecule has 0 aliphatic carbocycles. The number of hydrogen-bond donors (Lipinski definition) is 1. The van der Waals surface area contributed by atoms with Crippen LogP contribution in [0.2, 0.25) is 0 Å². The molecule has 2 heterocycles. The summed E-state index contributed by atoms with van der Waals surface area (Å²) in [7, 11) is 0. The molecule has 0 spiro atoms. The Bertz CT molecular complexity index is 1190. The first-order valence-electron chi connectivity index (χ1n) is 8.45. The van der Waals surface area contributed by atoms with Gasteiger partial charge in [-0.05, 0) is 60.8 Å². The Labute approximate surface area is 178 Å². The highest BCUT2D eigenvalue weighted by molar-refractivity contribution is 9.10. The van der Waals surface area contributed by atoms with Gasteiger partial charge in [0.1, 0.15) is 22.9 Å². The Morgan fingerprint density at radius 2 is 1.86 bits per heavy atom. The fourth-order valence-corrected chi connectivity index (χ4v) is 3.54. The van der Waals surface area contributed by atoms with Gasteiger partial charge in [0, 0.05) is 10.0 Å². The van der Waals surface area contributed by atoms with Crippen molar-refractivity contribution in [1.82, 2.24) is 5.32 Å². The molecule has 0 bridgehead atoms. The van der Waals surface area contributed by atoms with E-state index in [0.717, 1.165) is 4.47 Å². The van der Waals surface area contributed by atoms with E-state index in [1.165, 1.54) is 23.1 Å². The average molecular weight is 471 g/mol. The van der Waals surface area contributed by atoms with Crippen molar-refractivity contribution in [1.29, 1.82) is 0 Å². The van der Waals surface area contributed by atoms with Crippen molar-refractivity contribution < 1.29 is 18.4 Å². The highest BCUT2D eigenvalue weighted by Gasteiger charge is 2.34. The largest absolute Gasteiger partial charge is 0.457 e. The lowest BCUT2D eigenvalue weighted by molar-refractivity contribution is -0.122. The Morgan fingerprint density at radius 3 is 2.62 bits per heavy atom. The van der Waals surface area contributed by atoms with Crippen LogP contribution in [0.4, 0.5) is 10.1 Å². The van der Waals surface area contributed by atoms with Gasteiger partial charge in [0.2, 0.25) is 0 Å². The standard InChI is InChI=1S/C21H12BrFN2O3S/c22-13-4-2-6-15(10-13)25-20(27)17(19(26)24-21(25)29)11-16-7-8-18(28-16)12-3-1-5-14(23)9-12/h1-11H,(H,24,26,29). The third kappa shape index (κ3) is 3.90. The molecule has 1 fully saturated rings.